The fourth-order valence-electron chi connectivity index (χ4n) is 1.73. The van der Waals surface area contributed by atoms with Gasteiger partial charge in [0.2, 0.25) is 10.0 Å². The lowest BCUT2D eigenvalue weighted by molar-refractivity contribution is 0.576. The molecular formula is C13H17BrN4O2S. The van der Waals surface area contributed by atoms with Crippen LogP contribution in [0.15, 0.2) is 46.0 Å². The topological polar surface area (TPSA) is 76.0 Å². The summed E-state index contributed by atoms with van der Waals surface area (Å²) in [6.45, 7) is 1.58. The molecule has 1 aromatic heterocycles. The lowest BCUT2D eigenvalue weighted by Crippen LogP contribution is -2.23. The molecule has 0 aliphatic rings. The third-order valence-electron chi connectivity index (χ3n) is 2.92. The molecule has 0 saturated heterocycles. The van der Waals surface area contributed by atoms with Gasteiger partial charge in [0.25, 0.3) is 0 Å². The number of sulfonamides is 1. The van der Waals surface area contributed by atoms with E-state index in [1.54, 1.807) is 4.68 Å². The van der Waals surface area contributed by atoms with Crippen molar-refractivity contribution in [1.29, 1.82) is 0 Å². The first-order valence-electron chi connectivity index (χ1n) is 6.43. The Kier molecular flexibility index (Phi) is 5.51. The molecule has 0 atom stereocenters. The SMILES string of the molecule is CNCCn1cc(S(=O)(=O)NCc2ccccc2Br)cn1. The Morgan fingerprint density at radius 2 is 2.10 bits per heavy atom. The zero-order valence-electron chi connectivity index (χ0n) is 11.6. The molecule has 0 aliphatic carbocycles. The van der Waals surface area contributed by atoms with Gasteiger partial charge in [-0.3, -0.25) is 4.68 Å². The van der Waals surface area contributed by atoms with E-state index in [1.807, 2.05) is 31.3 Å². The first kappa shape index (κ1) is 16.2. The van der Waals surface area contributed by atoms with E-state index in [0.717, 1.165) is 16.6 Å². The highest BCUT2D eigenvalue weighted by atomic mass is 79.9. The lowest BCUT2D eigenvalue weighted by Gasteiger charge is -2.06. The molecule has 2 rings (SSSR count). The number of benzene rings is 1. The summed E-state index contributed by atoms with van der Waals surface area (Å²) in [5.74, 6) is 0. The van der Waals surface area contributed by atoms with Crippen LogP contribution in [-0.2, 0) is 23.1 Å². The van der Waals surface area contributed by atoms with Crippen molar-refractivity contribution in [3.8, 4) is 0 Å². The van der Waals surface area contributed by atoms with Crippen LogP contribution in [0.25, 0.3) is 0 Å². The molecule has 0 unspecified atom stereocenters. The zero-order chi connectivity index (χ0) is 15.3. The molecule has 21 heavy (non-hydrogen) atoms. The molecular weight excluding hydrogens is 356 g/mol. The van der Waals surface area contributed by atoms with Gasteiger partial charge in [-0.2, -0.15) is 5.10 Å². The third kappa shape index (κ3) is 4.37. The molecule has 114 valence electrons. The number of hydrogen-bond acceptors (Lipinski definition) is 4. The maximum atomic E-state index is 12.2. The Hall–Kier alpha value is -1.22. The minimum absolute atomic E-state index is 0.172. The van der Waals surface area contributed by atoms with Gasteiger partial charge in [0, 0.05) is 23.8 Å². The predicted octanol–water partition coefficient (Wildman–Crippen LogP) is 1.34. The summed E-state index contributed by atoms with van der Waals surface area (Å²) in [5.41, 5.74) is 0.878. The number of rotatable bonds is 7. The van der Waals surface area contributed by atoms with Crippen molar-refractivity contribution in [3.05, 3.63) is 46.7 Å². The van der Waals surface area contributed by atoms with Crippen molar-refractivity contribution >= 4 is 26.0 Å². The molecule has 1 heterocycles. The molecule has 2 aromatic rings. The van der Waals surface area contributed by atoms with Gasteiger partial charge in [0.1, 0.15) is 4.90 Å². The van der Waals surface area contributed by atoms with Crippen LogP contribution in [0.2, 0.25) is 0 Å². The minimum Gasteiger partial charge on any atom is -0.318 e. The van der Waals surface area contributed by atoms with Gasteiger partial charge in [-0.25, -0.2) is 13.1 Å². The van der Waals surface area contributed by atoms with E-state index in [1.165, 1.54) is 12.4 Å². The second kappa shape index (κ2) is 7.17. The summed E-state index contributed by atoms with van der Waals surface area (Å²) in [6, 6.07) is 7.49. The standard InChI is InChI=1S/C13H17BrN4O2S/c1-15-6-7-18-10-12(9-16-18)21(19,20)17-8-11-4-2-3-5-13(11)14/h2-5,9-10,15,17H,6-8H2,1H3. The largest absolute Gasteiger partial charge is 0.318 e. The molecule has 0 fully saturated rings. The van der Waals surface area contributed by atoms with Gasteiger partial charge in [0.05, 0.1) is 12.7 Å². The molecule has 2 N–H and O–H groups in total. The predicted molar refractivity (Wildman–Crippen MR) is 84.3 cm³/mol. The van der Waals surface area contributed by atoms with Crippen molar-refractivity contribution in [3.63, 3.8) is 0 Å². The van der Waals surface area contributed by atoms with E-state index in [9.17, 15) is 8.42 Å². The smallest absolute Gasteiger partial charge is 0.243 e. The molecule has 0 radical (unpaired) electrons. The molecule has 6 nitrogen and oxygen atoms in total. The number of likely N-dealkylation sites (N-methyl/N-ethyl adjacent to an activating group) is 1. The van der Waals surface area contributed by atoms with Gasteiger partial charge in [-0.15, -0.1) is 0 Å². The molecule has 0 aliphatic heterocycles. The third-order valence-corrected chi connectivity index (χ3v) is 5.05. The minimum atomic E-state index is -3.55. The van der Waals surface area contributed by atoms with Crippen LogP contribution in [0.3, 0.4) is 0 Å². The van der Waals surface area contributed by atoms with E-state index in [2.05, 4.69) is 31.1 Å². The second-order valence-electron chi connectivity index (χ2n) is 4.46. The Morgan fingerprint density at radius 3 is 2.81 bits per heavy atom. The average Bonchev–Trinajstić information content (AvgIpc) is 2.94. The van der Waals surface area contributed by atoms with Crippen LogP contribution in [0.4, 0.5) is 0 Å². The average molecular weight is 373 g/mol. The highest BCUT2D eigenvalue weighted by Gasteiger charge is 2.16. The molecule has 1 aromatic carbocycles. The van der Waals surface area contributed by atoms with Gasteiger partial charge in [-0.05, 0) is 18.7 Å². The van der Waals surface area contributed by atoms with Crippen molar-refractivity contribution in [2.24, 2.45) is 0 Å². The first-order valence-corrected chi connectivity index (χ1v) is 8.70. The van der Waals surface area contributed by atoms with Crippen molar-refractivity contribution < 1.29 is 8.42 Å². The summed E-state index contributed by atoms with van der Waals surface area (Å²) in [4.78, 5) is 0.172. The Labute approximate surface area is 132 Å². The van der Waals surface area contributed by atoms with Crippen LogP contribution < -0.4 is 10.0 Å². The summed E-state index contributed by atoms with van der Waals surface area (Å²) < 4.78 is 29.5. The number of nitrogens with zero attached hydrogens (tertiary/aromatic N) is 2. The van der Waals surface area contributed by atoms with Crippen molar-refractivity contribution in [1.82, 2.24) is 19.8 Å². The van der Waals surface area contributed by atoms with Gasteiger partial charge in [-0.1, -0.05) is 34.1 Å². The van der Waals surface area contributed by atoms with E-state index >= 15 is 0 Å². The first-order chi connectivity index (χ1) is 10.0. The monoisotopic (exact) mass is 372 g/mol. The summed E-state index contributed by atoms with van der Waals surface area (Å²) in [7, 11) is -1.72. The second-order valence-corrected chi connectivity index (χ2v) is 7.08. The molecule has 0 amide bonds. The summed E-state index contributed by atoms with van der Waals surface area (Å²) in [6.07, 6.45) is 2.89. The normalized spacial score (nSPS) is 11.7. The van der Waals surface area contributed by atoms with E-state index < -0.39 is 10.0 Å². The molecule has 0 bridgehead atoms. The van der Waals surface area contributed by atoms with E-state index in [-0.39, 0.29) is 11.4 Å². The van der Waals surface area contributed by atoms with Crippen LogP contribution in [0.1, 0.15) is 5.56 Å². The Morgan fingerprint density at radius 1 is 1.33 bits per heavy atom. The van der Waals surface area contributed by atoms with Crippen LogP contribution in [-0.4, -0.2) is 31.8 Å². The fourth-order valence-corrected chi connectivity index (χ4v) is 3.11. The van der Waals surface area contributed by atoms with Gasteiger partial charge < -0.3 is 5.32 Å². The molecule has 0 spiro atoms. The Bertz CT molecular complexity index is 700. The Balaban J connectivity index is 2.05. The van der Waals surface area contributed by atoms with Gasteiger partial charge >= 0.3 is 0 Å². The lowest BCUT2D eigenvalue weighted by atomic mass is 10.2. The number of hydrogen-bond donors (Lipinski definition) is 2. The molecule has 8 heteroatoms. The molecule has 0 saturated carbocycles. The van der Waals surface area contributed by atoms with Crippen LogP contribution in [0.5, 0.6) is 0 Å². The number of nitrogens with one attached hydrogen (secondary N) is 2. The zero-order valence-corrected chi connectivity index (χ0v) is 14.0. The van der Waals surface area contributed by atoms with Crippen LogP contribution >= 0.6 is 15.9 Å². The highest BCUT2D eigenvalue weighted by molar-refractivity contribution is 9.10. The maximum Gasteiger partial charge on any atom is 0.243 e. The quantitative estimate of drug-likeness (QED) is 0.768. The summed E-state index contributed by atoms with van der Waals surface area (Å²) in [5, 5.41) is 7.03. The number of halogens is 1. The maximum absolute atomic E-state index is 12.2. The number of aromatic nitrogens is 2. The highest BCUT2D eigenvalue weighted by Crippen LogP contribution is 2.16. The van der Waals surface area contributed by atoms with E-state index in [4.69, 9.17) is 0 Å². The fraction of sp³-hybridized carbons (Fsp3) is 0.308. The van der Waals surface area contributed by atoms with Crippen molar-refractivity contribution in [2.45, 2.75) is 18.0 Å². The van der Waals surface area contributed by atoms with E-state index in [0.29, 0.717) is 6.54 Å². The summed E-state index contributed by atoms with van der Waals surface area (Å²) >= 11 is 3.39. The van der Waals surface area contributed by atoms with Crippen molar-refractivity contribution in [2.75, 3.05) is 13.6 Å². The van der Waals surface area contributed by atoms with Gasteiger partial charge in [0.15, 0.2) is 0 Å². The van der Waals surface area contributed by atoms with Crippen LogP contribution in [0, 0.1) is 0 Å².